The molecule has 2 aromatic carbocycles. The van der Waals surface area contributed by atoms with Crippen molar-refractivity contribution in [3.05, 3.63) is 71.0 Å². The molecule has 25 heavy (non-hydrogen) atoms. The molecule has 3 rings (SSSR count). The lowest BCUT2D eigenvalue weighted by Gasteiger charge is -2.17. The molecule has 0 saturated heterocycles. The Bertz CT molecular complexity index is 770. The SMILES string of the molecule is CN(Cc1ccc(C(=O)NC2CC2)cc1)C(=O)Cc1cccc(F)c1. The average Bonchev–Trinajstić information content (AvgIpc) is 3.39. The number of hydrogen-bond donors (Lipinski definition) is 1. The van der Waals surface area contributed by atoms with E-state index in [4.69, 9.17) is 0 Å². The van der Waals surface area contributed by atoms with Crippen LogP contribution < -0.4 is 5.32 Å². The first kappa shape index (κ1) is 17.1. The molecule has 2 amide bonds. The Balaban J connectivity index is 1.55. The van der Waals surface area contributed by atoms with Gasteiger partial charge in [-0.05, 0) is 48.2 Å². The number of benzene rings is 2. The molecule has 0 aromatic heterocycles. The van der Waals surface area contributed by atoms with Crippen LogP contribution in [0.25, 0.3) is 0 Å². The summed E-state index contributed by atoms with van der Waals surface area (Å²) in [5, 5.41) is 2.95. The minimum atomic E-state index is -0.340. The molecule has 0 spiro atoms. The highest BCUT2D eigenvalue weighted by molar-refractivity contribution is 5.94. The molecule has 1 N–H and O–H groups in total. The molecule has 1 saturated carbocycles. The van der Waals surface area contributed by atoms with Crippen LogP contribution in [0.2, 0.25) is 0 Å². The fourth-order valence-electron chi connectivity index (χ4n) is 2.58. The van der Waals surface area contributed by atoms with Gasteiger partial charge >= 0.3 is 0 Å². The van der Waals surface area contributed by atoms with E-state index in [2.05, 4.69) is 5.32 Å². The van der Waals surface area contributed by atoms with Gasteiger partial charge in [0.05, 0.1) is 6.42 Å². The summed E-state index contributed by atoms with van der Waals surface area (Å²) in [4.78, 5) is 25.8. The second-order valence-electron chi connectivity index (χ2n) is 6.50. The maximum atomic E-state index is 13.2. The molecule has 0 unspecified atom stereocenters. The molecule has 0 atom stereocenters. The summed E-state index contributed by atoms with van der Waals surface area (Å²) in [6.07, 6.45) is 2.28. The van der Waals surface area contributed by atoms with Gasteiger partial charge in [-0.25, -0.2) is 4.39 Å². The van der Waals surface area contributed by atoms with E-state index in [9.17, 15) is 14.0 Å². The molecule has 2 aromatic rings. The number of likely N-dealkylation sites (N-methyl/N-ethyl adjacent to an activating group) is 1. The Morgan fingerprint density at radius 2 is 1.84 bits per heavy atom. The fraction of sp³-hybridized carbons (Fsp3) is 0.300. The van der Waals surface area contributed by atoms with E-state index in [1.807, 2.05) is 12.1 Å². The van der Waals surface area contributed by atoms with Gasteiger partial charge < -0.3 is 10.2 Å². The van der Waals surface area contributed by atoms with E-state index in [0.29, 0.717) is 23.7 Å². The van der Waals surface area contributed by atoms with Crippen LogP contribution in [0, 0.1) is 5.82 Å². The lowest BCUT2D eigenvalue weighted by Crippen LogP contribution is -2.28. The topological polar surface area (TPSA) is 49.4 Å². The molecule has 1 aliphatic carbocycles. The first-order valence-electron chi connectivity index (χ1n) is 8.39. The van der Waals surface area contributed by atoms with Crippen LogP contribution >= 0.6 is 0 Å². The zero-order valence-corrected chi connectivity index (χ0v) is 14.2. The molecule has 4 nitrogen and oxygen atoms in total. The fourth-order valence-corrected chi connectivity index (χ4v) is 2.58. The Morgan fingerprint density at radius 1 is 1.12 bits per heavy atom. The highest BCUT2D eigenvalue weighted by atomic mass is 19.1. The lowest BCUT2D eigenvalue weighted by molar-refractivity contribution is -0.129. The third-order valence-corrected chi connectivity index (χ3v) is 4.22. The van der Waals surface area contributed by atoms with Crippen LogP contribution in [-0.2, 0) is 17.8 Å². The Labute approximate surface area is 146 Å². The van der Waals surface area contributed by atoms with Gasteiger partial charge in [-0.3, -0.25) is 9.59 Å². The van der Waals surface area contributed by atoms with Crippen molar-refractivity contribution in [3.8, 4) is 0 Å². The van der Waals surface area contributed by atoms with Gasteiger partial charge in [-0.2, -0.15) is 0 Å². The minimum absolute atomic E-state index is 0.0513. The maximum absolute atomic E-state index is 13.2. The number of amides is 2. The van der Waals surface area contributed by atoms with Crippen LogP contribution in [0.3, 0.4) is 0 Å². The lowest BCUT2D eigenvalue weighted by atomic mass is 10.1. The average molecular weight is 340 g/mol. The minimum Gasteiger partial charge on any atom is -0.349 e. The van der Waals surface area contributed by atoms with Crippen LogP contribution in [-0.4, -0.2) is 29.8 Å². The number of hydrogen-bond acceptors (Lipinski definition) is 2. The molecule has 0 radical (unpaired) electrons. The normalized spacial score (nSPS) is 13.4. The molecular weight excluding hydrogens is 319 g/mol. The Hall–Kier alpha value is -2.69. The third-order valence-electron chi connectivity index (χ3n) is 4.22. The summed E-state index contributed by atoms with van der Waals surface area (Å²) in [5.41, 5.74) is 2.23. The smallest absolute Gasteiger partial charge is 0.251 e. The molecule has 5 heteroatoms. The molecule has 0 aliphatic heterocycles. The molecule has 0 heterocycles. The number of carbonyl (C=O) groups is 2. The zero-order chi connectivity index (χ0) is 17.8. The van der Waals surface area contributed by atoms with Gasteiger partial charge in [0.15, 0.2) is 0 Å². The van der Waals surface area contributed by atoms with E-state index in [-0.39, 0.29) is 24.1 Å². The Kier molecular flexibility index (Phi) is 5.12. The van der Waals surface area contributed by atoms with E-state index in [0.717, 1.165) is 18.4 Å². The molecule has 130 valence electrons. The summed E-state index contributed by atoms with van der Waals surface area (Å²) >= 11 is 0. The van der Waals surface area contributed by atoms with Gasteiger partial charge in [-0.1, -0.05) is 24.3 Å². The molecular formula is C20H21FN2O2. The predicted octanol–water partition coefficient (Wildman–Crippen LogP) is 2.92. The number of rotatable bonds is 6. The molecule has 1 aliphatic rings. The quantitative estimate of drug-likeness (QED) is 0.879. The molecule has 0 bridgehead atoms. The standard InChI is InChI=1S/C20H21FN2O2/c1-23(19(24)12-15-3-2-4-17(21)11-15)13-14-5-7-16(8-6-14)20(25)22-18-9-10-18/h2-8,11,18H,9-10,12-13H2,1H3,(H,22,25). The van der Waals surface area contributed by atoms with Gasteiger partial charge in [0.1, 0.15) is 5.82 Å². The summed E-state index contributed by atoms with van der Waals surface area (Å²) in [7, 11) is 1.72. The van der Waals surface area contributed by atoms with E-state index in [1.54, 1.807) is 36.2 Å². The van der Waals surface area contributed by atoms with Gasteiger partial charge in [0.2, 0.25) is 5.91 Å². The van der Waals surface area contributed by atoms with Crippen molar-refractivity contribution in [2.75, 3.05) is 7.05 Å². The summed E-state index contributed by atoms with van der Waals surface area (Å²) in [5.74, 6) is -0.473. The van der Waals surface area contributed by atoms with Crippen molar-refractivity contribution in [2.24, 2.45) is 0 Å². The Morgan fingerprint density at radius 3 is 2.48 bits per heavy atom. The van der Waals surface area contributed by atoms with Crippen molar-refractivity contribution in [1.82, 2.24) is 10.2 Å². The highest BCUT2D eigenvalue weighted by Crippen LogP contribution is 2.19. The van der Waals surface area contributed by atoms with Crippen LogP contribution in [0.4, 0.5) is 4.39 Å². The van der Waals surface area contributed by atoms with Gasteiger partial charge in [-0.15, -0.1) is 0 Å². The summed E-state index contributed by atoms with van der Waals surface area (Å²) < 4.78 is 13.2. The van der Waals surface area contributed by atoms with Crippen LogP contribution in [0.1, 0.15) is 34.3 Å². The van der Waals surface area contributed by atoms with E-state index in [1.165, 1.54) is 12.1 Å². The predicted molar refractivity (Wildman–Crippen MR) is 93.5 cm³/mol. The number of nitrogens with zero attached hydrogens (tertiary/aromatic N) is 1. The van der Waals surface area contributed by atoms with E-state index >= 15 is 0 Å². The first-order valence-corrected chi connectivity index (χ1v) is 8.39. The van der Waals surface area contributed by atoms with Crippen LogP contribution in [0.5, 0.6) is 0 Å². The maximum Gasteiger partial charge on any atom is 0.251 e. The van der Waals surface area contributed by atoms with Crippen molar-refractivity contribution in [1.29, 1.82) is 0 Å². The second-order valence-corrected chi connectivity index (χ2v) is 6.50. The highest BCUT2D eigenvalue weighted by Gasteiger charge is 2.23. The van der Waals surface area contributed by atoms with Crippen molar-refractivity contribution in [2.45, 2.75) is 31.8 Å². The third kappa shape index (κ3) is 4.89. The largest absolute Gasteiger partial charge is 0.349 e. The number of halogens is 1. The number of nitrogens with one attached hydrogen (secondary N) is 1. The summed E-state index contributed by atoms with van der Waals surface area (Å²) in [6.45, 7) is 0.443. The van der Waals surface area contributed by atoms with Gasteiger partial charge in [0, 0.05) is 25.2 Å². The van der Waals surface area contributed by atoms with E-state index < -0.39 is 0 Å². The van der Waals surface area contributed by atoms with Crippen molar-refractivity contribution < 1.29 is 14.0 Å². The monoisotopic (exact) mass is 340 g/mol. The van der Waals surface area contributed by atoms with Crippen molar-refractivity contribution >= 4 is 11.8 Å². The first-order chi connectivity index (χ1) is 12.0. The summed E-state index contributed by atoms with van der Waals surface area (Å²) in [6, 6.07) is 13.7. The number of carbonyl (C=O) groups excluding carboxylic acids is 2. The molecule has 1 fully saturated rings. The van der Waals surface area contributed by atoms with Crippen molar-refractivity contribution in [3.63, 3.8) is 0 Å². The second kappa shape index (κ2) is 7.47. The van der Waals surface area contributed by atoms with Crippen LogP contribution in [0.15, 0.2) is 48.5 Å². The zero-order valence-electron chi connectivity index (χ0n) is 14.2. The van der Waals surface area contributed by atoms with Gasteiger partial charge in [0.25, 0.3) is 5.91 Å².